The van der Waals surface area contributed by atoms with Crippen LogP contribution < -0.4 is 0 Å². The van der Waals surface area contributed by atoms with Crippen LogP contribution in [0.15, 0.2) is 70.6 Å². The topological polar surface area (TPSA) is 43.2 Å². The maximum absolute atomic E-state index is 5.73. The van der Waals surface area contributed by atoms with E-state index in [1.165, 1.54) is 0 Å². The SMILES string of the molecule is c1ccc(C2=N[C@@H]([C@H]3COC(c4ccccc4)=N3)CO2)cc1. The molecule has 0 fully saturated rings. The molecule has 4 nitrogen and oxygen atoms in total. The molecule has 0 unspecified atom stereocenters. The lowest BCUT2D eigenvalue weighted by atomic mass is 10.1. The fraction of sp³-hybridized carbons (Fsp3) is 0.222. The summed E-state index contributed by atoms with van der Waals surface area (Å²) in [6.45, 7) is 1.12. The molecule has 0 amide bonds. The Balaban J connectivity index is 1.52. The average molecular weight is 292 g/mol. The monoisotopic (exact) mass is 292 g/mol. The second kappa shape index (κ2) is 5.64. The van der Waals surface area contributed by atoms with Crippen LogP contribution in [0.25, 0.3) is 0 Å². The Morgan fingerprint density at radius 2 is 1.05 bits per heavy atom. The highest BCUT2D eigenvalue weighted by Gasteiger charge is 2.32. The van der Waals surface area contributed by atoms with E-state index in [0.29, 0.717) is 25.0 Å². The van der Waals surface area contributed by atoms with Gasteiger partial charge in [-0.05, 0) is 24.3 Å². The van der Waals surface area contributed by atoms with Crippen molar-refractivity contribution >= 4 is 11.8 Å². The van der Waals surface area contributed by atoms with E-state index in [9.17, 15) is 0 Å². The van der Waals surface area contributed by atoms with Gasteiger partial charge >= 0.3 is 0 Å². The van der Waals surface area contributed by atoms with Crippen LogP contribution in [0, 0.1) is 0 Å². The molecule has 110 valence electrons. The van der Waals surface area contributed by atoms with Crippen LogP contribution in [0.3, 0.4) is 0 Å². The second-order valence-electron chi connectivity index (χ2n) is 5.36. The Morgan fingerprint density at radius 1 is 0.636 bits per heavy atom. The van der Waals surface area contributed by atoms with Gasteiger partial charge in [0.05, 0.1) is 0 Å². The number of benzene rings is 2. The molecule has 2 atom stereocenters. The molecule has 2 aromatic carbocycles. The summed E-state index contributed by atoms with van der Waals surface area (Å²) in [5, 5.41) is 0. The Hall–Kier alpha value is -2.62. The maximum Gasteiger partial charge on any atom is 0.216 e. The van der Waals surface area contributed by atoms with Gasteiger partial charge in [0.25, 0.3) is 0 Å². The third kappa shape index (κ3) is 2.48. The average Bonchev–Trinajstić information content (AvgIpc) is 3.26. The van der Waals surface area contributed by atoms with E-state index in [-0.39, 0.29) is 12.1 Å². The van der Waals surface area contributed by atoms with Crippen molar-refractivity contribution in [2.75, 3.05) is 13.2 Å². The van der Waals surface area contributed by atoms with Gasteiger partial charge in [-0.25, -0.2) is 9.98 Å². The molecule has 0 aliphatic carbocycles. The summed E-state index contributed by atoms with van der Waals surface area (Å²) in [4.78, 5) is 9.35. The summed E-state index contributed by atoms with van der Waals surface area (Å²) in [6.07, 6.45) is 0. The van der Waals surface area contributed by atoms with Crippen molar-refractivity contribution in [2.24, 2.45) is 9.98 Å². The van der Waals surface area contributed by atoms with Crippen LogP contribution in [-0.4, -0.2) is 37.1 Å². The zero-order chi connectivity index (χ0) is 14.8. The maximum atomic E-state index is 5.73. The van der Waals surface area contributed by atoms with E-state index in [1.807, 2.05) is 60.7 Å². The van der Waals surface area contributed by atoms with Gasteiger partial charge in [0, 0.05) is 11.1 Å². The molecule has 4 heteroatoms. The minimum Gasteiger partial charge on any atom is -0.475 e. The van der Waals surface area contributed by atoms with Gasteiger partial charge in [-0.2, -0.15) is 0 Å². The molecule has 0 N–H and O–H groups in total. The van der Waals surface area contributed by atoms with E-state index >= 15 is 0 Å². The summed E-state index contributed by atoms with van der Waals surface area (Å²) < 4.78 is 11.5. The zero-order valence-electron chi connectivity index (χ0n) is 12.1. The molecule has 0 saturated carbocycles. The fourth-order valence-corrected chi connectivity index (χ4v) is 2.65. The van der Waals surface area contributed by atoms with Crippen molar-refractivity contribution in [1.29, 1.82) is 0 Å². The lowest BCUT2D eigenvalue weighted by molar-refractivity contribution is 0.263. The Morgan fingerprint density at radius 3 is 1.45 bits per heavy atom. The number of rotatable bonds is 3. The van der Waals surface area contributed by atoms with Gasteiger partial charge in [0.2, 0.25) is 11.8 Å². The van der Waals surface area contributed by atoms with E-state index in [1.54, 1.807) is 0 Å². The highest BCUT2D eigenvalue weighted by atomic mass is 16.5. The summed E-state index contributed by atoms with van der Waals surface area (Å²) >= 11 is 0. The van der Waals surface area contributed by atoms with Crippen LogP contribution in [0.5, 0.6) is 0 Å². The summed E-state index contributed by atoms with van der Waals surface area (Å²) in [5.41, 5.74) is 2.02. The molecule has 0 aromatic heterocycles. The normalized spacial score (nSPS) is 23.5. The van der Waals surface area contributed by atoms with Gasteiger partial charge in [0.1, 0.15) is 25.3 Å². The van der Waals surface area contributed by atoms with Crippen molar-refractivity contribution in [3.05, 3.63) is 71.8 Å². The minimum absolute atomic E-state index is 0.0245. The van der Waals surface area contributed by atoms with Gasteiger partial charge in [-0.15, -0.1) is 0 Å². The number of hydrogen-bond acceptors (Lipinski definition) is 4. The molecular formula is C18H16N2O2. The number of aliphatic imine (C=N–C) groups is 2. The first-order valence-electron chi connectivity index (χ1n) is 7.42. The van der Waals surface area contributed by atoms with Crippen molar-refractivity contribution in [3.8, 4) is 0 Å². The van der Waals surface area contributed by atoms with Gasteiger partial charge in [0.15, 0.2) is 0 Å². The van der Waals surface area contributed by atoms with Gasteiger partial charge in [-0.3, -0.25) is 0 Å². The van der Waals surface area contributed by atoms with E-state index < -0.39 is 0 Å². The predicted molar refractivity (Wildman–Crippen MR) is 85.4 cm³/mol. The van der Waals surface area contributed by atoms with Crippen LogP contribution in [0.2, 0.25) is 0 Å². The number of hydrogen-bond donors (Lipinski definition) is 0. The first kappa shape index (κ1) is 13.1. The van der Waals surface area contributed by atoms with E-state index in [2.05, 4.69) is 9.98 Å². The van der Waals surface area contributed by atoms with Crippen molar-refractivity contribution in [3.63, 3.8) is 0 Å². The van der Waals surface area contributed by atoms with Gasteiger partial charge < -0.3 is 9.47 Å². The Kier molecular flexibility index (Phi) is 3.35. The smallest absolute Gasteiger partial charge is 0.216 e. The summed E-state index contributed by atoms with van der Waals surface area (Å²) in [7, 11) is 0. The lowest BCUT2D eigenvalue weighted by Crippen LogP contribution is -2.25. The third-order valence-corrected chi connectivity index (χ3v) is 3.83. The lowest BCUT2D eigenvalue weighted by Gasteiger charge is -2.07. The van der Waals surface area contributed by atoms with Crippen molar-refractivity contribution in [2.45, 2.75) is 12.1 Å². The third-order valence-electron chi connectivity index (χ3n) is 3.83. The first-order chi connectivity index (χ1) is 10.9. The molecule has 22 heavy (non-hydrogen) atoms. The molecule has 2 aliphatic rings. The number of nitrogens with zero attached hydrogens (tertiary/aromatic N) is 2. The van der Waals surface area contributed by atoms with Crippen molar-refractivity contribution in [1.82, 2.24) is 0 Å². The minimum atomic E-state index is 0.0245. The standard InChI is InChI=1S/C18H16N2O2/c1-3-7-13(8-4-1)17-19-15(11-21-17)16-12-22-18(20-16)14-9-5-2-6-10-14/h1-10,15-16H,11-12H2/t15-,16-/m1/s1. The second-order valence-corrected chi connectivity index (χ2v) is 5.36. The molecule has 4 rings (SSSR count). The molecule has 2 aliphatic heterocycles. The largest absolute Gasteiger partial charge is 0.475 e. The Bertz CT molecular complexity index is 647. The van der Waals surface area contributed by atoms with E-state index in [0.717, 1.165) is 11.1 Å². The highest BCUT2D eigenvalue weighted by molar-refractivity contribution is 5.96. The fourth-order valence-electron chi connectivity index (χ4n) is 2.65. The first-order valence-corrected chi connectivity index (χ1v) is 7.42. The van der Waals surface area contributed by atoms with Crippen LogP contribution in [0.1, 0.15) is 11.1 Å². The van der Waals surface area contributed by atoms with Crippen LogP contribution >= 0.6 is 0 Å². The number of ether oxygens (including phenoxy) is 2. The molecule has 2 aromatic rings. The summed E-state index contributed by atoms with van der Waals surface area (Å²) in [6, 6.07) is 20.0. The summed E-state index contributed by atoms with van der Waals surface area (Å²) in [5.74, 6) is 1.41. The van der Waals surface area contributed by atoms with Crippen LogP contribution in [0.4, 0.5) is 0 Å². The molecule has 2 heterocycles. The molecule has 0 bridgehead atoms. The van der Waals surface area contributed by atoms with E-state index in [4.69, 9.17) is 9.47 Å². The zero-order valence-corrected chi connectivity index (χ0v) is 12.1. The molecule has 0 saturated heterocycles. The highest BCUT2D eigenvalue weighted by Crippen LogP contribution is 2.21. The molecule has 0 spiro atoms. The van der Waals surface area contributed by atoms with Crippen LogP contribution in [-0.2, 0) is 9.47 Å². The Labute approximate surface area is 129 Å². The van der Waals surface area contributed by atoms with Crippen molar-refractivity contribution < 1.29 is 9.47 Å². The molecular weight excluding hydrogens is 276 g/mol. The van der Waals surface area contributed by atoms with Gasteiger partial charge in [-0.1, -0.05) is 36.4 Å². The quantitative estimate of drug-likeness (QED) is 0.873. The predicted octanol–water partition coefficient (Wildman–Crippen LogP) is 2.68. The molecule has 0 radical (unpaired) electrons.